The first kappa shape index (κ1) is 6.81. The highest BCUT2D eigenvalue weighted by molar-refractivity contribution is 5.44. The van der Waals surface area contributed by atoms with E-state index in [0.717, 1.165) is 17.7 Å². The minimum absolute atomic E-state index is 0.787. The highest BCUT2D eigenvalue weighted by Crippen LogP contribution is 2.08. The standard InChI is InChI=1S/C8H10N2/c1-2-3-7-6-10-5-4-8(7)9/h2,4-6H,1,3H2,(H2,9,10). The van der Waals surface area contributed by atoms with Gasteiger partial charge in [-0.15, -0.1) is 6.58 Å². The molecule has 0 bridgehead atoms. The van der Waals surface area contributed by atoms with Gasteiger partial charge < -0.3 is 5.73 Å². The predicted molar refractivity (Wildman–Crippen MR) is 42.6 cm³/mol. The Morgan fingerprint density at radius 2 is 2.50 bits per heavy atom. The Morgan fingerprint density at radius 3 is 3.10 bits per heavy atom. The molecule has 0 fully saturated rings. The van der Waals surface area contributed by atoms with Crippen LogP contribution in [0.15, 0.2) is 31.1 Å². The van der Waals surface area contributed by atoms with Gasteiger partial charge in [0.2, 0.25) is 0 Å². The number of aromatic nitrogens is 1. The fourth-order valence-corrected chi connectivity index (χ4v) is 0.764. The molecule has 2 N–H and O–H groups in total. The maximum Gasteiger partial charge on any atom is 0.0380 e. The number of rotatable bonds is 2. The maximum absolute atomic E-state index is 5.62. The summed E-state index contributed by atoms with van der Waals surface area (Å²) in [5.74, 6) is 0. The Hall–Kier alpha value is -1.31. The molecule has 0 atom stereocenters. The first-order chi connectivity index (χ1) is 4.84. The highest BCUT2D eigenvalue weighted by Gasteiger charge is 1.92. The fraction of sp³-hybridized carbons (Fsp3) is 0.125. The van der Waals surface area contributed by atoms with Crippen LogP contribution in [-0.4, -0.2) is 4.98 Å². The van der Waals surface area contributed by atoms with Crippen molar-refractivity contribution in [1.29, 1.82) is 0 Å². The van der Waals surface area contributed by atoms with E-state index in [-0.39, 0.29) is 0 Å². The second-order valence-electron chi connectivity index (χ2n) is 2.07. The van der Waals surface area contributed by atoms with Crippen molar-refractivity contribution < 1.29 is 0 Å². The molecule has 0 saturated heterocycles. The third-order valence-electron chi connectivity index (χ3n) is 1.31. The largest absolute Gasteiger partial charge is 0.398 e. The van der Waals surface area contributed by atoms with Gasteiger partial charge in [0.1, 0.15) is 0 Å². The van der Waals surface area contributed by atoms with Crippen LogP contribution in [0.5, 0.6) is 0 Å². The first-order valence-electron chi connectivity index (χ1n) is 3.14. The van der Waals surface area contributed by atoms with E-state index in [4.69, 9.17) is 5.73 Å². The molecule has 0 aliphatic carbocycles. The van der Waals surface area contributed by atoms with Gasteiger partial charge in [-0.05, 0) is 18.1 Å². The smallest absolute Gasteiger partial charge is 0.0380 e. The number of hydrogen-bond donors (Lipinski definition) is 1. The van der Waals surface area contributed by atoms with Crippen molar-refractivity contribution in [1.82, 2.24) is 4.98 Å². The molecule has 0 radical (unpaired) electrons. The lowest BCUT2D eigenvalue weighted by Crippen LogP contribution is -1.92. The van der Waals surface area contributed by atoms with E-state index in [9.17, 15) is 0 Å². The molecule has 1 rings (SSSR count). The summed E-state index contributed by atoms with van der Waals surface area (Å²) in [4.78, 5) is 3.94. The number of pyridine rings is 1. The molecule has 1 aromatic heterocycles. The number of nitrogens with zero attached hydrogens (tertiary/aromatic N) is 1. The quantitative estimate of drug-likeness (QED) is 0.621. The Bertz CT molecular complexity index is 230. The molecule has 0 amide bonds. The normalized spacial score (nSPS) is 9.20. The van der Waals surface area contributed by atoms with Crippen molar-refractivity contribution in [3.05, 3.63) is 36.7 Å². The van der Waals surface area contributed by atoms with Crippen molar-refractivity contribution in [2.75, 3.05) is 5.73 Å². The maximum atomic E-state index is 5.62. The topological polar surface area (TPSA) is 38.9 Å². The van der Waals surface area contributed by atoms with E-state index >= 15 is 0 Å². The van der Waals surface area contributed by atoms with Crippen molar-refractivity contribution in [2.24, 2.45) is 0 Å². The molecule has 2 nitrogen and oxygen atoms in total. The minimum atomic E-state index is 0.787. The van der Waals surface area contributed by atoms with Gasteiger partial charge in [0.05, 0.1) is 0 Å². The third-order valence-corrected chi connectivity index (χ3v) is 1.31. The van der Waals surface area contributed by atoms with E-state index in [1.54, 1.807) is 18.5 Å². The molecule has 0 aliphatic heterocycles. The molecule has 0 spiro atoms. The van der Waals surface area contributed by atoms with Gasteiger partial charge in [0.25, 0.3) is 0 Å². The van der Waals surface area contributed by atoms with E-state index < -0.39 is 0 Å². The Balaban J connectivity index is 2.91. The first-order valence-corrected chi connectivity index (χ1v) is 3.14. The number of nitrogens with two attached hydrogens (primary N) is 1. The third kappa shape index (κ3) is 1.35. The van der Waals surface area contributed by atoms with E-state index in [1.807, 2.05) is 6.08 Å². The predicted octanol–water partition coefficient (Wildman–Crippen LogP) is 1.39. The van der Waals surface area contributed by atoms with Crippen LogP contribution in [0, 0.1) is 0 Å². The number of anilines is 1. The van der Waals surface area contributed by atoms with Crippen molar-refractivity contribution in [3.63, 3.8) is 0 Å². The lowest BCUT2D eigenvalue weighted by Gasteiger charge is -1.98. The number of hydrogen-bond acceptors (Lipinski definition) is 2. The van der Waals surface area contributed by atoms with Gasteiger partial charge in [-0.3, -0.25) is 4.98 Å². The van der Waals surface area contributed by atoms with Crippen molar-refractivity contribution in [3.8, 4) is 0 Å². The minimum Gasteiger partial charge on any atom is -0.398 e. The Kier molecular flexibility index (Phi) is 2.05. The summed E-state index contributed by atoms with van der Waals surface area (Å²) in [6.07, 6.45) is 6.05. The van der Waals surface area contributed by atoms with Crippen LogP contribution in [0.3, 0.4) is 0 Å². The Morgan fingerprint density at radius 1 is 1.70 bits per heavy atom. The molecule has 0 unspecified atom stereocenters. The summed E-state index contributed by atoms with van der Waals surface area (Å²) < 4.78 is 0. The summed E-state index contributed by atoms with van der Waals surface area (Å²) in [6.45, 7) is 3.61. The van der Waals surface area contributed by atoms with Crippen LogP contribution < -0.4 is 5.73 Å². The van der Waals surface area contributed by atoms with E-state index in [0.29, 0.717) is 0 Å². The second-order valence-corrected chi connectivity index (χ2v) is 2.07. The van der Waals surface area contributed by atoms with Gasteiger partial charge in [-0.2, -0.15) is 0 Å². The van der Waals surface area contributed by atoms with E-state index in [1.165, 1.54) is 0 Å². The van der Waals surface area contributed by atoms with Crippen molar-refractivity contribution in [2.45, 2.75) is 6.42 Å². The van der Waals surface area contributed by atoms with Gasteiger partial charge in [-0.1, -0.05) is 6.08 Å². The summed E-state index contributed by atoms with van der Waals surface area (Å²) in [5.41, 5.74) is 7.45. The van der Waals surface area contributed by atoms with Crippen LogP contribution in [0.1, 0.15) is 5.56 Å². The molecule has 10 heavy (non-hydrogen) atoms. The van der Waals surface area contributed by atoms with Crippen LogP contribution in [-0.2, 0) is 6.42 Å². The average molecular weight is 134 g/mol. The number of allylic oxidation sites excluding steroid dienone is 1. The van der Waals surface area contributed by atoms with Crippen LogP contribution >= 0.6 is 0 Å². The summed E-state index contributed by atoms with van der Waals surface area (Å²) in [6, 6.07) is 1.79. The molecular weight excluding hydrogens is 124 g/mol. The zero-order valence-corrected chi connectivity index (χ0v) is 5.75. The van der Waals surface area contributed by atoms with Gasteiger partial charge >= 0.3 is 0 Å². The molecule has 1 heterocycles. The van der Waals surface area contributed by atoms with Crippen molar-refractivity contribution >= 4 is 5.69 Å². The summed E-state index contributed by atoms with van der Waals surface area (Å²) in [7, 11) is 0. The average Bonchev–Trinajstić information content (AvgIpc) is 1.94. The van der Waals surface area contributed by atoms with E-state index in [2.05, 4.69) is 11.6 Å². The molecule has 52 valence electrons. The summed E-state index contributed by atoms with van der Waals surface area (Å²) >= 11 is 0. The SMILES string of the molecule is C=CCc1cnccc1N. The summed E-state index contributed by atoms with van der Waals surface area (Å²) in [5, 5.41) is 0. The van der Waals surface area contributed by atoms with Crippen LogP contribution in [0.25, 0.3) is 0 Å². The second kappa shape index (κ2) is 3.01. The molecule has 2 heteroatoms. The highest BCUT2D eigenvalue weighted by atomic mass is 14.7. The Labute approximate surface area is 60.4 Å². The lowest BCUT2D eigenvalue weighted by molar-refractivity contribution is 1.20. The number of nitrogen functional groups attached to an aromatic ring is 1. The monoisotopic (exact) mass is 134 g/mol. The van der Waals surface area contributed by atoms with Gasteiger partial charge in [0.15, 0.2) is 0 Å². The van der Waals surface area contributed by atoms with Gasteiger partial charge in [0, 0.05) is 18.1 Å². The molecule has 0 saturated carbocycles. The zero-order valence-electron chi connectivity index (χ0n) is 5.75. The molecule has 1 aromatic rings. The lowest BCUT2D eigenvalue weighted by atomic mass is 10.2. The van der Waals surface area contributed by atoms with Gasteiger partial charge in [-0.25, -0.2) is 0 Å². The molecule has 0 aliphatic rings. The van der Waals surface area contributed by atoms with Crippen LogP contribution in [0.4, 0.5) is 5.69 Å². The molecular formula is C8H10N2. The molecule has 0 aromatic carbocycles. The zero-order chi connectivity index (χ0) is 7.40. The fourth-order valence-electron chi connectivity index (χ4n) is 0.764. The van der Waals surface area contributed by atoms with Crippen LogP contribution in [0.2, 0.25) is 0 Å².